The Kier molecular flexibility index (Phi) is 8.73. The summed E-state index contributed by atoms with van der Waals surface area (Å²) in [6.45, 7) is 1.69. The number of aliphatic carboxylic acids is 1. The molecule has 1 atom stereocenters. The normalized spacial score (nSPS) is 15.8. The van der Waals surface area contributed by atoms with Crippen molar-refractivity contribution in [3.05, 3.63) is 35.9 Å². The maximum atomic E-state index is 12.2. The van der Waals surface area contributed by atoms with Crippen LogP contribution in [-0.4, -0.2) is 48.2 Å². The number of amides is 2. The summed E-state index contributed by atoms with van der Waals surface area (Å²) in [6, 6.07) is 8.93. The van der Waals surface area contributed by atoms with E-state index >= 15 is 0 Å². The predicted molar refractivity (Wildman–Crippen MR) is 90.6 cm³/mol. The van der Waals surface area contributed by atoms with E-state index in [1.165, 1.54) is 0 Å². The van der Waals surface area contributed by atoms with Gasteiger partial charge in [-0.15, -0.1) is 0 Å². The van der Waals surface area contributed by atoms with Gasteiger partial charge < -0.3 is 21.5 Å². The summed E-state index contributed by atoms with van der Waals surface area (Å²) in [6.07, 6.45) is -3.03. The van der Waals surface area contributed by atoms with Gasteiger partial charge in [0, 0.05) is 12.3 Å². The van der Waals surface area contributed by atoms with Crippen LogP contribution in [0, 0.1) is 5.92 Å². The van der Waals surface area contributed by atoms with E-state index in [1.54, 1.807) is 0 Å². The number of hydrogen-bond acceptors (Lipinski definition) is 4. The minimum atomic E-state index is -5.08. The molecule has 1 aromatic rings. The summed E-state index contributed by atoms with van der Waals surface area (Å²) in [4.78, 5) is 32.6. The van der Waals surface area contributed by atoms with Crippen molar-refractivity contribution in [3.8, 4) is 0 Å². The highest BCUT2D eigenvalue weighted by molar-refractivity contribution is 5.87. The van der Waals surface area contributed by atoms with Crippen molar-refractivity contribution in [1.29, 1.82) is 0 Å². The molecular formula is C17H22F3N3O4. The van der Waals surface area contributed by atoms with Gasteiger partial charge in [0.2, 0.25) is 11.8 Å². The second-order valence-electron chi connectivity index (χ2n) is 5.98. The summed E-state index contributed by atoms with van der Waals surface area (Å²) in [5, 5.41) is 13.1. The smallest absolute Gasteiger partial charge is 0.475 e. The second kappa shape index (κ2) is 10.5. The zero-order chi connectivity index (χ0) is 20.4. The third-order valence-corrected chi connectivity index (χ3v) is 3.90. The maximum Gasteiger partial charge on any atom is 0.490 e. The van der Waals surface area contributed by atoms with Gasteiger partial charge in [0.1, 0.15) is 6.04 Å². The van der Waals surface area contributed by atoms with Crippen molar-refractivity contribution < 1.29 is 32.7 Å². The van der Waals surface area contributed by atoms with Crippen LogP contribution in [0.15, 0.2) is 30.3 Å². The standard InChI is InChI=1S/C15H21N3O2.C2HF3O2/c16-14(19)13(10-11-4-2-1-3-5-11)18-15(20)12-6-8-17-9-7-12;3-2(4,5)1(6)7/h1-5,12-13,17H,6-10H2,(H2,16,19)(H,18,20);(H,6,7)/t13-;/m0./s1. The molecule has 0 aliphatic carbocycles. The number of piperidine rings is 1. The predicted octanol–water partition coefficient (Wildman–Crippen LogP) is 0.832. The van der Waals surface area contributed by atoms with E-state index in [-0.39, 0.29) is 11.8 Å². The SMILES string of the molecule is NC(=O)[C@H](Cc1ccccc1)NC(=O)C1CCNCC1.O=C(O)C(F)(F)F. The number of nitrogens with two attached hydrogens (primary N) is 1. The average Bonchev–Trinajstić information content (AvgIpc) is 2.62. The van der Waals surface area contributed by atoms with Crippen molar-refractivity contribution in [2.75, 3.05) is 13.1 Å². The number of halogens is 3. The Labute approximate surface area is 154 Å². The zero-order valence-electron chi connectivity index (χ0n) is 14.5. The number of benzene rings is 1. The molecule has 1 fully saturated rings. The van der Waals surface area contributed by atoms with E-state index in [9.17, 15) is 22.8 Å². The second-order valence-corrected chi connectivity index (χ2v) is 5.98. The fourth-order valence-electron chi connectivity index (χ4n) is 2.45. The van der Waals surface area contributed by atoms with Gasteiger partial charge in [0.15, 0.2) is 0 Å². The minimum absolute atomic E-state index is 0.0196. The molecule has 1 saturated heterocycles. The third kappa shape index (κ3) is 8.54. The van der Waals surface area contributed by atoms with Crippen molar-refractivity contribution in [1.82, 2.24) is 10.6 Å². The van der Waals surface area contributed by atoms with Gasteiger partial charge in [-0.2, -0.15) is 13.2 Å². The Hall–Kier alpha value is -2.62. The molecular weight excluding hydrogens is 367 g/mol. The highest BCUT2D eigenvalue weighted by Crippen LogP contribution is 2.13. The minimum Gasteiger partial charge on any atom is -0.475 e. The first-order chi connectivity index (χ1) is 12.6. The van der Waals surface area contributed by atoms with E-state index in [2.05, 4.69) is 10.6 Å². The van der Waals surface area contributed by atoms with Crippen molar-refractivity contribution >= 4 is 17.8 Å². The largest absolute Gasteiger partial charge is 0.490 e. The molecule has 0 saturated carbocycles. The number of hydrogen-bond donors (Lipinski definition) is 4. The molecule has 0 spiro atoms. The molecule has 0 aromatic heterocycles. The highest BCUT2D eigenvalue weighted by Gasteiger charge is 2.38. The molecule has 1 heterocycles. The zero-order valence-corrected chi connectivity index (χ0v) is 14.5. The van der Waals surface area contributed by atoms with Crippen LogP contribution in [0.2, 0.25) is 0 Å². The molecule has 0 radical (unpaired) electrons. The molecule has 7 nitrogen and oxygen atoms in total. The monoisotopic (exact) mass is 389 g/mol. The van der Waals surface area contributed by atoms with Gasteiger partial charge >= 0.3 is 12.1 Å². The maximum absolute atomic E-state index is 12.2. The topological polar surface area (TPSA) is 122 Å². The van der Waals surface area contributed by atoms with E-state index in [0.29, 0.717) is 6.42 Å². The molecule has 0 bridgehead atoms. The molecule has 5 N–H and O–H groups in total. The van der Waals surface area contributed by atoms with Gasteiger partial charge in [-0.3, -0.25) is 9.59 Å². The van der Waals surface area contributed by atoms with Crippen LogP contribution in [0.4, 0.5) is 13.2 Å². The molecule has 1 aromatic carbocycles. The average molecular weight is 389 g/mol. The van der Waals surface area contributed by atoms with Crippen molar-refractivity contribution in [2.45, 2.75) is 31.5 Å². The fraction of sp³-hybridized carbons (Fsp3) is 0.471. The summed E-state index contributed by atoms with van der Waals surface area (Å²) in [5.41, 5.74) is 6.38. The lowest BCUT2D eigenvalue weighted by Gasteiger charge is -2.24. The summed E-state index contributed by atoms with van der Waals surface area (Å²) in [5.74, 6) is -3.33. The molecule has 150 valence electrons. The Morgan fingerprint density at radius 3 is 2.15 bits per heavy atom. The van der Waals surface area contributed by atoms with Crippen LogP contribution in [0.1, 0.15) is 18.4 Å². The van der Waals surface area contributed by atoms with Gasteiger partial charge in [-0.25, -0.2) is 4.79 Å². The molecule has 0 unspecified atom stereocenters. The lowest BCUT2D eigenvalue weighted by atomic mass is 9.96. The Morgan fingerprint density at radius 2 is 1.70 bits per heavy atom. The van der Waals surface area contributed by atoms with Gasteiger partial charge in [-0.05, 0) is 31.5 Å². The molecule has 2 amide bonds. The Morgan fingerprint density at radius 1 is 1.19 bits per heavy atom. The lowest BCUT2D eigenvalue weighted by Crippen LogP contribution is -2.49. The van der Waals surface area contributed by atoms with Crippen LogP contribution >= 0.6 is 0 Å². The summed E-state index contributed by atoms with van der Waals surface area (Å²) < 4.78 is 31.7. The van der Waals surface area contributed by atoms with Crippen LogP contribution in [0.5, 0.6) is 0 Å². The van der Waals surface area contributed by atoms with E-state index in [0.717, 1.165) is 31.5 Å². The summed E-state index contributed by atoms with van der Waals surface area (Å²) in [7, 11) is 0. The molecule has 10 heteroatoms. The summed E-state index contributed by atoms with van der Waals surface area (Å²) >= 11 is 0. The molecule has 1 aliphatic heterocycles. The van der Waals surface area contributed by atoms with Gasteiger partial charge in [0.05, 0.1) is 0 Å². The first-order valence-electron chi connectivity index (χ1n) is 8.25. The first-order valence-corrected chi connectivity index (χ1v) is 8.25. The van der Waals surface area contributed by atoms with E-state index in [1.807, 2.05) is 30.3 Å². The van der Waals surface area contributed by atoms with Crippen LogP contribution in [0.3, 0.4) is 0 Å². The number of carbonyl (C=O) groups is 3. The molecule has 1 aliphatic rings. The highest BCUT2D eigenvalue weighted by atomic mass is 19.4. The third-order valence-electron chi connectivity index (χ3n) is 3.90. The Balaban J connectivity index is 0.000000445. The molecule has 27 heavy (non-hydrogen) atoms. The number of carbonyl (C=O) groups excluding carboxylic acids is 2. The number of alkyl halides is 3. The van der Waals surface area contributed by atoms with Crippen molar-refractivity contribution in [3.63, 3.8) is 0 Å². The van der Waals surface area contributed by atoms with Crippen LogP contribution < -0.4 is 16.4 Å². The number of rotatable bonds is 5. The van der Waals surface area contributed by atoms with Crippen LogP contribution in [0.25, 0.3) is 0 Å². The number of carboxylic acids is 1. The van der Waals surface area contributed by atoms with Crippen LogP contribution in [-0.2, 0) is 20.8 Å². The van der Waals surface area contributed by atoms with E-state index < -0.39 is 24.1 Å². The van der Waals surface area contributed by atoms with Gasteiger partial charge in [-0.1, -0.05) is 30.3 Å². The number of carboxylic acid groups (broad SMARTS) is 1. The lowest BCUT2D eigenvalue weighted by molar-refractivity contribution is -0.192. The van der Waals surface area contributed by atoms with E-state index in [4.69, 9.17) is 15.6 Å². The fourth-order valence-corrected chi connectivity index (χ4v) is 2.45. The van der Waals surface area contributed by atoms with Gasteiger partial charge in [0.25, 0.3) is 0 Å². The Bertz CT molecular complexity index is 632. The molecule has 2 rings (SSSR count). The number of nitrogens with one attached hydrogen (secondary N) is 2. The quantitative estimate of drug-likeness (QED) is 0.594. The van der Waals surface area contributed by atoms with Crippen molar-refractivity contribution in [2.24, 2.45) is 11.7 Å². The number of primary amides is 1. The first kappa shape index (κ1) is 22.4.